The summed E-state index contributed by atoms with van der Waals surface area (Å²) in [5.41, 5.74) is 0. The molecule has 0 spiro atoms. The molecule has 1 atom stereocenters. The summed E-state index contributed by atoms with van der Waals surface area (Å²) < 4.78 is 0. The number of hydrogen-bond donors (Lipinski definition) is 0. The van der Waals surface area contributed by atoms with Crippen molar-refractivity contribution in [1.29, 1.82) is 0 Å². The summed E-state index contributed by atoms with van der Waals surface area (Å²) in [5, 5.41) is 0. The largest absolute Gasteiger partial charge is 0.0911 e. The highest BCUT2D eigenvalue weighted by atomic mass is 14.1. The van der Waals surface area contributed by atoms with Crippen molar-refractivity contribution in [3.63, 3.8) is 0 Å². The molecule has 0 saturated carbocycles. The van der Waals surface area contributed by atoms with Crippen LogP contribution in [0.2, 0.25) is 0 Å². The molecule has 11 heavy (non-hydrogen) atoms. The molecule has 0 saturated heterocycles. The van der Waals surface area contributed by atoms with E-state index in [1.165, 1.54) is 32.1 Å². The van der Waals surface area contributed by atoms with Gasteiger partial charge in [-0.3, -0.25) is 0 Å². The first-order chi connectivity index (χ1) is 5.43. The second kappa shape index (κ2) is 5.17. The first-order valence-electron chi connectivity index (χ1n) is 4.73. The molecule has 1 rings (SSSR count). The zero-order valence-corrected chi connectivity index (χ0v) is 7.42. The van der Waals surface area contributed by atoms with Gasteiger partial charge in [-0.25, -0.2) is 0 Å². The Balaban J connectivity index is 2.41. The fourth-order valence-corrected chi connectivity index (χ4v) is 1.59. The van der Waals surface area contributed by atoms with Gasteiger partial charge in [0.25, 0.3) is 0 Å². The second-order valence-corrected chi connectivity index (χ2v) is 3.26. The Morgan fingerprint density at radius 3 is 3.00 bits per heavy atom. The van der Waals surface area contributed by atoms with E-state index >= 15 is 0 Å². The molecular weight excluding hydrogens is 132 g/mol. The Bertz CT molecular complexity index is 142. The van der Waals surface area contributed by atoms with Crippen molar-refractivity contribution in [3.05, 3.63) is 24.3 Å². The van der Waals surface area contributed by atoms with Crippen LogP contribution in [0.15, 0.2) is 24.3 Å². The molecule has 0 nitrogen and oxygen atoms in total. The third-order valence-electron chi connectivity index (χ3n) is 2.23. The van der Waals surface area contributed by atoms with E-state index in [-0.39, 0.29) is 0 Å². The summed E-state index contributed by atoms with van der Waals surface area (Å²) in [6.07, 6.45) is 16.0. The van der Waals surface area contributed by atoms with Crippen molar-refractivity contribution in [3.8, 4) is 0 Å². The van der Waals surface area contributed by atoms with Crippen LogP contribution >= 0.6 is 0 Å². The van der Waals surface area contributed by atoms with Crippen molar-refractivity contribution in [2.45, 2.75) is 39.0 Å². The Labute approximate surface area is 70.0 Å². The van der Waals surface area contributed by atoms with Crippen LogP contribution in [0, 0.1) is 5.92 Å². The van der Waals surface area contributed by atoms with E-state index < -0.39 is 0 Å². The number of allylic oxidation sites excluding steroid dienone is 4. The van der Waals surface area contributed by atoms with Gasteiger partial charge in [-0.2, -0.15) is 0 Å². The molecule has 0 radical (unpaired) electrons. The van der Waals surface area contributed by atoms with Gasteiger partial charge in [-0.1, -0.05) is 37.1 Å². The van der Waals surface area contributed by atoms with Crippen molar-refractivity contribution in [2.24, 2.45) is 5.92 Å². The second-order valence-electron chi connectivity index (χ2n) is 3.26. The van der Waals surface area contributed by atoms with Crippen LogP contribution in [0.3, 0.4) is 0 Å². The van der Waals surface area contributed by atoms with Gasteiger partial charge in [0.05, 0.1) is 0 Å². The van der Waals surface area contributed by atoms with E-state index in [9.17, 15) is 0 Å². The maximum atomic E-state index is 2.36. The highest BCUT2D eigenvalue weighted by molar-refractivity contribution is 5.00. The molecule has 1 aliphatic carbocycles. The molecule has 0 aromatic heterocycles. The molecule has 0 aliphatic heterocycles. The molecule has 0 amide bonds. The summed E-state index contributed by atoms with van der Waals surface area (Å²) >= 11 is 0. The molecule has 1 unspecified atom stereocenters. The third kappa shape index (κ3) is 3.41. The van der Waals surface area contributed by atoms with Crippen LogP contribution in [0.25, 0.3) is 0 Å². The first-order valence-corrected chi connectivity index (χ1v) is 4.73. The van der Waals surface area contributed by atoms with Gasteiger partial charge in [-0.05, 0) is 32.1 Å². The molecule has 0 N–H and O–H groups in total. The standard InChI is InChI=1S/C11H18/c1-2-8-11-9-6-4-3-5-7-10-11/h2,6,8-9,11H,3-5,7,10H2,1H3/b8-2?,9-6-. The van der Waals surface area contributed by atoms with Crippen molar-refractivity contribution < 1.29 is 0 Å². The minimum atomic E-state index is 0.722. The van der Waals surface area contributed by atoms with E-state index in [2.05, 4.69) is 31.2 Å². The van der Waals surface area contributed by atoms with Crippen LogP contribution in [0.5, 0.6) is 0 Å². The van der Waals surface area contributed by atoms with E-state index in [1.807, 2.05) is 0 Å². The Morgan fingerprint density at radius 1 is 1.27 bits per heavy atom. The van der Waals surface area contributed by atoms with Gasteiger partial charge in [0, 0.05) is 0 Å². The van der Waals surface area contributed by atoms with E-state index in [1.54, 1.807) is 0 Å². The lowest BCUT2D eigenvalue weighted by Crippen LogP contribution is -1.94. The maximum absolute atomic E-state index is 2.36. The average Bonchev–Trinajstić information content (AvgIpc) is 1.94. The Kier molecular flexibility index (Phi) is 4.03. The minimum absolute atomic E-state index is 0.722. The van der Waals surface area contributed by atoms with Crippen LogP contribution in [0.1, 0.15) is 39.0 Å². The van der Waals surface area contributed by atoms with Crippen LogP contribution < -0.4 is 0 Å². The maximum Gasteiger partial charge on any atom is -0.00536 e. The van der Waals surface area contributed by atoms with E-state index in [4.69, 9.17) is 0 Å². The highest BCUT2D eigenvalue weighted by Crippen LogP contribution is 2.17. The molecule has 0 aromatic carbocycles. The molecule has 0 heteroatoms. The molecule has 0 heterocycles. The number of rotatable bonds is 1. The van der Waals surface area contributed by atoms with E-state index in [0.29, 0.717) is 0 Å². The summed E-state index contributed by atoms with van der Waals surface area (Å²) in [5.74, 6) is 0.722. The fourth-order valence-electron chi connectivity index (χ4n) is 1.59. The lowest BCUT2D eigenvalue weighted by molar-refractivity contribution is 0.582. The highest BCUT2D eigenvalue weighted by Gasteiger charge is 2.01. The SMILES string of the molecule is CC=CC1/C=C\CCCCC1. The summed E-state index contributed by atoms with van der Waals surface area (Å²) in [6.45, 7) is 2.10. The first kappa shape index (κ1) is 8.58. The summed E-state index contributed by atoms with van der Waals surface area (Å²) in [4.78, 5) is 0. The Hall–Kier alpha value is -0.520. The molecule has 0 aromatic rings. The lowest BCUT2D eigenvalue weighted by Gasteiger charge is -2.09. The van der Waals surface area contributed by atoms with Gasteiger partial charge in [0.15, 0.2) is 0 Å². The van der Waals surface area contributed by atoms with Gasteiger partial charge >= 0.3 is 0 Å². The minimum Gasteiger partial charge on any atom is -0.0911 e. The quantitative estimate of drug-likeness (QED) is 0.500. The van der Waals surface area contributed by atoms with Gasteiger partial charge in [-0.15, -0.1) is 0 Å². The lowest BCUT2D eigenvalue weighted by atomic mass is 9.96. The van der Waals surface area contributed by atoms with E-state index in [0.717, 1.165) is 5.92 Å². The summed E-state index contributed by atoms with van der Waals surface area (Å²) in [6, 6.07) is 0. The molecule has 0 bridgehead atoms. The normalized spacial score (nSPS) is 29.7. The summed E-state index contributed by atoms with van der Waals surface area (Å²) in [7, 11) is 0. The Morgan fingerprint density at radius 2 is 2.18 bits per heavy atom. The predicted octanol–water partition coefficient (Wildman–Crippen LogP) is 3.70. The molecule has 0 fully saturated rings. The zero-order chi connectivity index (χ0) is 7.94. The van der Waals surface area contributed by atoms with Crippen molar-refractivity contribution in [2.75, 3.05) is 0 Å². The van der Waals surface area contributed by atoms with Gasteiger partial charge in [0.2, 0.25) is 0 Å². The van der Waals surface area contributed by atoms with Crippen molar-refractivity contribution in [1.82, 2.24) is 0 Å². The molecule has 62 valence electrons. The fraction of sp³-hybridized carbons (Fsp3) is 0.636. The predicted molar refractivity (Wildman–Crippen MR) is 50.5 cm³/mol. The molecule has 1 aliphatic rings. The topological polar surface area (TPSA) is 0 Å². The van der Waals surface area contributed by atoms with Gasteiger partial charge < -0.3 is 0 Å². The average molecular weight is 150 g/mol. The number of hydrogen-bond acceptors (Lipinski definition) is 0. The van der Waals surface area contributed by atoms with Crippen LogP contribution in [-0.2, 0) is 0 Å². The third-order valence-corrected chi connectivity index (χ3v) is 2.23. The molecular formula is C11H18. The smallest absolute Gasteiger partial charge is 0.00536 e. The van der Waals surface area contributed by atoms with Crippen molar-refractivity contribution >= 4 is 0 Å². The van der Waals surface area contributed by atoms with Crippen LogP contribution in [-0.4, -0.2) is 0 Å². The van der Waals surface area contributed by atoms with Gasteiger partial charge in [0.1, 0.15) is 0 Å². The zero-order valence-electron chi connectivity index (χ0n) is 7.42. The van der Waals surface area contributed by atoms with Crippen LogP contribution in [0.4, 0.5) is 0 Å². The monoisotopic (exact) mass is 150 g/mol.